The van der Waals surface area contributed by atoms with Crippen molar-refractivity contribution in [3.05, 3.63) is 0 Å². The standard InChI is InChI=1S/C14H24N2O2/c1-3-14(2,16-10-9-12(16)17)13(18)15-11-7-5-4-6-8-11/h11H,3-10H2,1-2H3,(H,15,18). The molecule has 1 saturated carbocycles. The van der Waals surface area contributed by atoms with Crippen LogP contribution in [0.15, 0.2) is 0 Å². The first-order valence-corrected chi connectivity index (χ1v) is 7.19. The number of amides is 2. The van der Waals surface area contributed by atoms with Gasteiger partial charge in [-0.3, -0.25) is 9.59 Å². The van der Waals surface area contributed by atoms with Gasteiger partial charge in [0.25, 0.3) is 0 Å². The van der Waals surface area contributed by atoms with Crippen molar-refractivity contribution in [2.45, 2.75) is 70.4 Å². The fourth-order valence-corrected chi connectivity index (χ4v) is 2.90. The number of likely N-dealkylation sites (tertiary alicyclic amines) is 1. The molecule has 102 valence electrons. The van der Waals surface area contributed by atoms with E-state index in [1.54, 1.807) is 4.90 Å². The van der Waals surface area contributed by atoms with Crippen molar-refractivity contribution in [3.63, 3.8) is 0 Å². The van der Waals surface area contributed by atoms with Gasteiger partial charge in [-0.1, -0.05) is 26.2 Å². The van der Waals surface area contributed by atoms with Crippen LogP contribution < -0.4 is 5.32 Å². The summed E-state index contributed by atoms with van der Waals surface area (Å²) in [5, 5.41) is 3.15. The lowest BCUT2D eigenvalue weighted by molar-refractivity contribution is -0.156. The number of carbonyl (C=O) groups excluding carboxylic acids is 2. The summed E-state index contributed by atoms with van der Waals surface area (Å²) >= 11 is 0. The monoisotopic (exact) mass is 252 g/mol. The Morgan fingerprint density at radius 1 is 1.39 bits per heavy atom. The highest BCUT2D eigenvalue weighted by atomic mass is 16.2. The fourth-order valence-electron chi connectivity index (χ4n) is 2.90. The number of hydrogen-bond acceptors (Lipinski definition) is 2. The third-order valence-corrected chi connectivity index (χ3v) is 4.56. The van der Waals surface area contributed by atoms with Gasteiger partial charge < -0.3 is 10.2 Å². The summed E-state index contributed by atoms with van der Waals surface area (Å²) in [7, 11) is 0. The third-order valence-electron chi connectivity index (χ3n) is 4.56. The topological polar surface area (TPSA) is 49.4 Å². The number of nitrogens with one attached hydrogen (secondary N) is 1. The number of rotatable bonds is 4. The molecule has 0 aromatic rings. The highest BCUT2D eigenvalue weighted by molar-refractivity contribution is 5.93. The zero-order valence-electron chi connectivity index (χ0n) is 11.5. The Balaban J connectivity index is 1.98. The van der Waals surface area contributed by atoms with Crippen LogP contribution in [0.25, 0.3) is 0 Å². The van der Waals surface area contributed by atoms with Gasteiger partial charge in [0.1, 0.15) is 5.54 Å². The van der Waals surface area contributed by atoms with E-state index in [4.69, 9.17) is 0 Å². The van der Waals surface area contributed by atoms with Crippen LogP contribution >= 0.6 is 0 Å². The fraction of sp³-hybridized carbons (Fsp3) is 0.857. The minimum Gasteiger partial charge on any atom is -0.351 e. The summed E-state index contributed by atoms with van der Waals surface area (Å²) < 4.78 is 0. The Labute approximate surface area is 109 Å². The van der Waals surface area contributed by atoms with Gasteiger partial charge in [-0.05, 0) is 26.2 Å². The van der Waals surface area contributed by atoms with Gasteiger partial charge in [0.2, 0.25) is 11.8 Å². The number of β-lactam (4-membered cyclic amide) rings is 1. The summed E-state index contributed by atoms with van der Waals surface area (Å²) in [6.07, 6.45) is 7.12. The minimum absolute atomic E-state index is 0.0324. The van der Waals surface area contributed by atoms with Gasteiger partial charge in [-0.15, -0.1) is 0 Å². The average Bonchev–Trinajstić information content (AvgIpc) is 2.37. The molecule has 0 radical (unpaired) electrons. The lowest BCUT2D eigenvalue weighted by Crippen LogP contribution is -2.64. The average molecular weight is 252 g/mol. The van der Waals surface area contributed by atoms with E-state index in [0.29, 0.717) is 18.9 Å². The van der Waals surface area contributed by atoms with Crippen LogP contribution in [0.2, 0.25) is 0 Å². The second-order valence-corrected chi connectivity index (χ2v) is 5.73. The molecule has 0 spiro atoms. The molecule has 1 saturated heterocycles. The van der Waals surface area contributed by atoms with Crippen LogP contribution in [0.3, 0.4) is 0 Å². The van der Waals surface area contributed by atoms with E-state index in [1.165, 1.54) is 19.3 Å². The molecule has 0 aromatic carbocycles. The molecular formula is C14H24N2O2. The molecule has 1 heterocycles. The van der Waals surface area contributed by atoms with Crippen molar-refractivity contribution in [1.82, 2.24) is 10.2 Å². The molecule has 1 aliphatic heterocycles. The maximum absolute atomic E-state index is 12.4. The van der Waals surface area contributed by atoms with Gasteiger partial charge in [-0.25, -0.2) is 0 Å². The Morgan fingerprint density at radius 2 is 2.06 bits per heavy atom. The quantitative estimate of drug-likeness (QED) is 0.776. The van der Waals surface area contributed by atoms with Crippen molar-refractivity contribution in [2.24, 2.45) is 0 Å². The van der Waals surface area contributed by atoms with E-state index >= 15 is 0 Å². The number of nitrogens with zero attached hydrogens (tertiary/aromatic N) is 1. The lowest BCUT2D eigenvalue weighted by Gasteiger charge is -2.45. The summed E-state index contributed by atoms with van der Waals surface area (Å²) in [6.45, 7) is 4.59. The summed E-state index contributed by atoms with van der Waals surface area (Å²) in [4.78, 5) is 25.7. The molecule has 4 heteroatoms. The van der Waals surface area contributed by atoms with Crippen LogP contribution in [0.4, 0.5) is 0 Å². The second kappa shape index (κ2) is 5.29. The largest absolute Gasteiger partial charge is 0.351 e. The smallest absolute Gasteiger partial charge is 0.245 e. The SMILES string of the molecule is CCC(C)(C(=O)NC1CCCCC1)N1CCC1=O. The summed E-state index contributed by atoms with van der Waals surface area (Å²) in [5.41, 5.74) is -0.646. The first-order valence-electron chi connectivity index (χ1n) is 7.19. The molecule has 0 bridgehead atoms. The van der Waals surface area contributed by atoms with Crippen molar-refractivity contribution in [1.29, 1.82) is 0 Å². The molecule has 1 aliphatic carbocycles. The van der Waals surface area contributed by atoms with E-state index in [0.717, 1.165) is 19.4 Å². The van der Waals surface area contributed by atoms with Gasteiger partial charge in [-0.2, -0.15) is 0 Å². The third kappa shape index (κ3) is 2.38. The highest BCUT2D eigenvalue weighted by Gasteiger charge is 2.45. The van der Waals surface area contributed by atoms with Crippen LogP contribution in [-0.4, -0.2) is 34.8 Å². The molecule has 2 amide bonds. The van der Waals surface area contributed by atoms with E-state index in [2.05, 4.69) is 5.32 Å². The minimum atomic E-state index is -0.646. The summed E-state index contributed by atoms with van der Waals surface area (Å²) in [5.74, 6) is 0.142. The van der Waals surface area contributed by atoms with Crippen molar-refractivity contribution < 1.29 is 9.59 Å². The zero-order valence-corrected chi connectivity index (χ0v) is 11.5. The first kappa shape index (κ1) is 13.4. The Morgan fingerprint density at radius 3 is 2.50 bits per heavy atom. The predicted molar refractivity (Wildman–Crippen MR) is 70.0 cm³/mol. The van der Waals surface area contributed by atoms with Crippen molar-refractivity contribution in [3.8, 4) is 0 Å². The number of carbonyl (C=O) groups is 2. The molecule has 1 unspecified atom stereocenters. The predicted octanol–water partition coefficient (Wildman–Crippen LogP) is 1.84. The van der Waals surface area contributed by atoms with Crippen molar-refractivity contribution >= 4 is 11.8 Å². The van der Waals surface area contributed by atoms with E-state index in [9.17, 15) is 9.59 Å². The summed E-state index contributed by atoms with van der Waals surface area (Å²) in [6, 6.07) is 0.313. The molecule has 2 fully saturated rings. The molecule has 4 nitrogen and oxygen atoms in total. The van der Waals surface area contributed by atoms with E-state index < -0.39 is 5.54 Å². The van der Waals surface area contributed by atoms with Gasteiger partial charge in [0.15, 0.2) is 0 Å². The van der Waals surface area contributed by atoms with Gasteiger partial charge in [0, 0.05) is 19.0 Å². The molecule has 2 rings (SSSR count). The molecule has 1 atom stereocenters. The van der Waals surface area contributed by atoms with Crippen LogP contribution in [-0.2, 0) is 9.59 Å². The second-order valence-electron chi connectivity index (χ2n) is 5.73. The van der Waals surface area contributed by atoms with Crippen LogP contribution in [0.5, 0.6) is 0 Å². The molecule has 2 aliphatic rings. The molecule has 1 N–H and O–H groups in total. The maximum atomic E-state index is 12.4. The zero-order chi connectivity index (χ0) is 13.2. The lowest BCUT2D eigenvalue weighted by atomic mass is 9.89. The molecule has 0 aromatic heterocycles. The Bertz CT molecular complexity index is 337. The number of hydrogen-bond donors (Lipinski definition) is 1. The van der Waals surface area contributed by atoms with Crippen LogP contribution in [0, 0.1) is 0 Å². The van der Waals surface area contributed by atoms with Gasteiger partial charge in [0.05, 0.1) is 0 Å². The highest BCUT2D eigenvalue weighted by Crippen LogP contribution is 2.27. The van der Waals surface area contributed by atoms with Gasteiger partial charge >= 0.3 is 0 Å². The Kier molecular flexibility index (Phi) is 3.93. The van der Waals surface area contributed by atoms with Crippen molar-refractivity contribution in [2.75, 3.05) is 6.54 Å². The van der Waals surface area contributed by atoms with Crippen LogP contribution in [0.1, 0.15) is 58.8 Å². The first-order chi connectivity index (χ1) is 8.58. The van der Waals surface area contributed by atoms with E-state index in [1.807, 2.05) is 13.8 Å². The maximum Gasteiger partial charge on any atom is 0.245 e. The Hall–Kier alpha value is -1.06. The van der Waals surface area contributed by atoms with E-state index in [-0.39, 0.29) is 11.8 Å². The molecule has 18 heavy (non-hydrogen) atoms. The molecular weight excluding hydrogens is 228 g/mol. The normalized spacial score (nSPS) is 24.3.